The first-order chi connectivity index (χ1) is 6.50. The predicted octanol–water partition coefficient (Wildman–Crippen LogP) is 0.689. The molecule has 1 heterocycles. The number of carbonyl (C=O) groups excluding carboxylic acids is 1. The van der Waals surface area contributed by atoms with E-state index >= 15 is 0 Å². The molecule has 0 radical (unpaired) electrons. The van der Waals surface area contributed by atoms with Crippen molar-refractivity contribution in [2.75, 3.05) is 19.8 Å². The fourth-order valence-corrected chi connectivity index (χ4v) is 2.76. The summed E-state index contributed by atoms with van der Waals surface area (Å²) in [7, 11) is 3.46. The molecule has 7 heteroatoms. The molecule has 0 saturated carbocycles. The summed E-state index contributed by atoms with van der Waals surface area (Å²) >= 11 is 2.67. The minimum Gasteiger partial charge on any atom is -0.374 e. The molecule has 1 amide bonds. The summed E-state index contributed by atoms with van der Waals surface area (Å²) < 4.78 is 0.727. The van der Waals surface area contributed by atoms with Gasteiger partial charge in [0.1, 0.15) is 0 Å². The Hall–Kier alpha value is -0.820. The van der Waals surface area contributed by atoms with Crippen LogP contribution in [0, 0.1) is 0 Å². The molecule has 0 aliphatic rings. The normalized spacial score (nSPS) is 12.5. The second-order valence-corrected chi connectivity index (χ2v) is 5.50. The van der Waals surface area contributed by atoms with E-state index in [2.05, 4.69) is 10.2 Å². The molecule has 0 fully saturated rings. The zero-order valence-corrected chi connectivity index (χ0v) is 9.85. The van der Waals surface area contributed by atoms with Gasteiger partial charge in [0.15, 0.2) is 4.34 Å². The second-order valence-electron chi connectivity index (χ2n) is 2.90. The maximum absolute atomic E-state index is 11.5. The van der Waals surface area contributed by atoms with Crippen molar-refractivity contribution in [3.8, 4) is 0 Å². The number of carbonyl (C=O) groups is 1. The molecule has 1 aromatic rings. The van der Waals surface area contributed by atoms with Crippen molar-refractivity contribution >= 4 is 34.1 Å². The van der Waals surface area contributed by atoms with Gasteiger partial charge >= 0.3 is 0 Å². The van der Waals surface area contributed by atoms with E-state index in [1.807, 2.05) is 6.92 Å². The van der Waals surface area contributed by atoms with E-state index in [9.17, 15) is 4.79 Å². The molecule has 0 spiro atoms. The van der Waals surface area contributed by atoms with Crippen LogP contribution in [0.15, 0.2) is 4.34 Å². The minimum absolute atomic E-state index is 0.0590. The maximum Gasteiger partial charge on any atom is 0.235 e. The van der Waals surface area contributed by atoms with Gasteiger partial charge in [0, 0.05) is 14.1 Å². The average Bonchev–Trinajstić information content (AvgIpc) is 2.49. The lowest BCUT2D eigenvalue weighted by Crippen LogP contribution is -2.29. The van der Waals surface area contributed by atoms with Crippen LogP contribution in [-0.2, 0) is 4.79 Å². The van der Waals surface area contributed by atoms with Gasteiger partial charge in [-0.05, 0) is 6.92 Å². The summed E-state index contributed by atoms with van der Waals surface area (Å²) in [5.41, 5.74) is 5.43. The lowest BCUT2D eigenvalue weighted by atomic mass is 10.4. The number of hydrogen-bond acceptors (Lipinski definition) is 6. The molecule has 1 rings (SSSR count). The molecule has 0 aliphatic carbocycles. The van der Waals surface area contributed by atoms with Gasteiger partial charge < -0.3 is 10.6 Å². The van der Waals surface area contributed by atoms with Crippen molar-refractivity contribution in [1.82, 2.24) is 15.1 Å². The van der Waals surface area contributed by atoms with Crippen molar-refractivity contribution in [2.24, 2.45) is 0 Å². The molecule has 1 aromatic heterocycles. The summed E-state index contributed by atoms with van der Waals surface area (Å²) in [6.07, 6.45) is 0. The van der Waals surface area contributed by atoms with E-state index in [-0.39, 0.29) is 11.2 Å². The van der Waals surface area contributed by atoms with Crippen LogP contribution in [0.1, 0.15) is 6.92 Å². The van der Waals surface area contributed by atoms with Gasteiger partial charge in [-0.15, -0.1) is 10.2 Å². The number of nitrogens with zero attached hydrogens (tertiary/aromatic N) is 3. The highest BCUT2D eigenvalue weighted by molar-refractivity contribution is 8.02. The SMILES string of the molecule is C[C@@H](Sc1nnc(N)s1)C(=O)N(C)C. The van der Waals surface area contributed by atoms with Crippen LogP contribution in [0.2, 0.25) is 0 Å². The Kier molecular flexibility index (Phi) is 3.70. The minimum atomic E-state index is -0.155. The number of thioether (sulfide) groups is 1. The van der Waals surface area contributed by atoms with Gasteiger partial charge in [-0.2, -0.15) is 0 Å². The van der Waals surface area contributed by atoms with Crippen LogP contribution in [0.4, 0.5) is 5.13 Å². The average molecular weight is 232 g/mol. The smallest absolute Gasteiger partial charge is 0.235 e. The number of aromatic nitrogens is 2. The number of nitrogens with two attached hydrogens (primary N) is 1. The van der Waals surface area contributed by atoms with Crippen molar-refractivity contribution in [2.45, 2.75) is 16.5 Å². The first kappa shape index (κ1) is 11.3. The van der Waals surface area contributed by atoms with E-state index in [0.717, 1.165) is 4.34 Å². The lowest BCUT2D eigenvalue weighted by Gasteiger charge is -2.14. The highest BCUT2D eigenvalue weighted by atomic mass is 32.2. The van der Waals surface area contributed by atoms with Gasteiger partial charge in [-0.3, -0.25) is 4.79 Å². The fourth-order valence-electron chi connectivity index (χ4n) is 0.833. The second kappa shape index (κ2) is 4.61. The first-order valence-electron chi connectivity index (χ1n) is 3.97. The number of nitrogen functional groups attached to an aromatic ring is 1. The molecule has 0 bridgehead atoms. The zero-order chi connectivity index (χ0) is 10.7. The number of rotatable bonds is 3. The van der Waals surface area contributed by atoms with Crippen LogP contribution in [-0.4, -0.2) is 40.3 Å². The first-order valence-corrected chi connectivity index (χ1v) is 5.67. The molecular weight excluding hydrogens is 220 g/mol. The van der Waals surface area contributed by atoms with E-state index in [1.165, 1.54) is 23.1 Å². The van der Waals surface area contributed by atoms with E-state index < -0.39 is 0 Å². The zero-order valence-electron chi connectivity index (χ0n) is 8.22. The van der Waals surface area contributed by atoms with Gasteiger partial charge in [0.05, 0.1) is 5.25 Å². The van der Waals surface area contributed by atoms with Crippen molar-refractivity contribution in [3.05, 3.63) is 0 Å². The van der Waals surface area contributed by atoms with Crippen LogP contribution < -0.4 is 5.73 Å². The quantitative estimate of drug-likeness (QED) is 0.776. The molecule has 0 saturated heterocycles. The van der Waals surface area contributed by atoms with Gasteiger partial charge in [-0.25, -0.2) is 0 Å². The van der Waals surface area contributed by atoms with E-state index in [0.29, 0.717) is 5.13 Å². The third-order valence-corrected chi connectivity index (χ3v) is 3.41. The van der Waals surface area contributed by atoms with Crippen LogP contribution in [0.3, 0.4) is 0 Å². The third kappa shape index (κ3) is 2.85. The highest BCUT2D eigenvalue weighted by Gasteiger charge is 2.17. The van der Waals surface area contributed by atoms with Crippen LogP contribution >= 0.6 is 23.1 Å². The molecule has 78 valence electrons. The topological polar surface area (TPSA) is 72.1 Å². The molecule has 14 heavy (non-hydrogen) atoms. The molecular formula is C7H12N4OS2. The fraction of sp³-hybridized carbons (Fsp3) is 0.571. The Balaban J connectivity index is 2.57. The summed E-state index contributed by atoms with van der Waals surface area (Å²) in [5.74, 6) is 0.0590. The van der Waals surface area contributed by atoms with E-state index in [1.54, 1.807) is 19.0 Å². The Morgan fingerprint density at radius 1 is 1.57 bits per heavy atom. The monoisotopic (exact) mass is 232 g/mol. The number of hydrogen-bond donors (Lipinski definition) is 1. The van der Waals surface area contributed by atoms with Crippen molar-refractivity contribution in [1.29, 1.82) is 0 Å². The van der Waals surface area contributed by atoms with Gasteiger partial charge in [0.2, 0.25) is 11.0 Å². The molecule has 0 unspecified atom stereocenters. The van der Waals surface area contributed by atoms with Gasteiger partial charge in [0.25, 0.3) is 0 Å². The Bertz CT molecular complexity index is 325. The highest BCUT2D eigenvalue weighted by Crippen LogP contribution is 2.27. The van der Waals surface area contributed by atoms with E-state index in [4.69, 9.17) is 5.73 Å². The number of amides is 1. The molecule has 1 atom stereocenters. The molecule has 0 aromatic carbocycles. The molecule has 5 nitrogen and oxygen atoms in total. The Labute approximate surface area is 90.7 Å². The van der Waals surface area contributed by atoms with Crippen LogP contribution in [0.25, 0.3) is 0 Å². The molecule has 2 N–H and O–H groups in total. The summed E-state index contributed by atoms with van der Waals surface area (Å²) in [6.45, 7) is 1.84. The predicted molar refractivity (Wildman–Crippen MR) is 58.3 cm³/mol. The summed E-state index contributed by atoms with van der Waals surface area (Å²) in [4.78, 5) is 13.0. The maximum atomic E-state index is 11.5. The van der Waals surface area contributed by atoms with Crippen molar-refractivity contribution < 1.29 is 4.79 Å². The lowest BCUT2D eigenvalue weighted by molar-refractivity contribution is -0.127. The van der Waals surface area contributed by atoms with Gasteiger partial charge in [-0.1, -0.05) is 23.1 Å². The Morgan fingerprint density at radius 2 is 2.21 bits per heavy atom. The number of anilines is 1. The largest absolute Gasteiger partial charge is 0.374 e. The standard InChI is InChI=1S/C7H12N4OS2/c1-4(5(12)11(2)3)13-7-10-9-6(8)14-7/h4H,1-3H3,(H2,8,9)/t4-/m1/s1. The third-order valence-electron chi connectivity index (χ3n) is 1.49. The van der Waals surface area contributed by atoms with Crippen molar-refractivity contribution in [3.63, 3.8) is 0 Å². The molecule has 0 aliphatic heterocycles. The summed E-state index contributed by atoms with van der Waals surface area (Å²) in [5, 5.41) is 7.78. The van der Waals surface area contributed by atoms with Crippen LogP contribution in [0.5, 0.6) is 0 Å². The Morgan fingerprint density at radius 3 is 2.64 bits per heavy atom. The summed E-state index contributed by atoms with van der Waals surface area (Å²) in [6, 6.07) is 0.